The van der Waals surface area contributed by atoms with E-state index in [9.17, 15) is 4.79 Å². The molecule has 0 aliphatic heterocycles. The zero-order valence-electron chi connectivity index (χ0n) is 14.0. The van der Waals surface area contributed by atoms with Crippen LogP contribution in [0.4, 0.5) is 5.95 Å². The van der Waals surface area contributed by atoms with Crippen molar-refractivity contribution in [3.63, 3.8) is 0 Å². The van der Waals surface area contributed by atoms with Gasteiger partial charge < -0.3 is 5.32 Å². The van der Waals surface area contributed by atoms with Crippen LogP contribution in [-0.2, 0) is 13.0 Å². The first-order valence-corrected chi connectivity index (χ1v) is 8.44. The van der Waals surface area contributed by atoms with Crippen LogP contribution < -0.4 is 10.9 Å². The highest BCUT2D eigenvalue weighted by molar-refractivity contribution is 5.85. The van der Waals surface area contributed by atoms with E-state index in [4.69, 9.17) is 0 Å². The van der Waals surface area contributed by atoms with Gasteiger partial charge in [0.15, 0.2) is 0 Å². The number of nitrogens with zero attached hydrogens (tertiary/aromatic N) is 3. The van der Waals surface area contributed by atoms with Crippen LogP contribution in [0.3, 0.4) is 0 Å². The number of aromatic amines is 1. The van der Waals surface area contributed by atoms with Gasteiger partial charge in [0.1, 0.15) is 0 Å². The van der Waals surface area contributed by atoms with Gasteiger partial charge in [0.05, 0.1) is 5.69 Å². The largest absolute Gasteiger partial charge is 0.350 e. The summed E-state index contributed by atoms with van der Waals surface area (Å²) in [4.78, 5) is 21.0. The van der Waals surface area contributed by atoms with Gasteiger partial charge in [-0.15, -0.1) is 0 Å². The lowest BCUT2D eigenvalue weighted by Crippen LogP contribution is -2.15. The van der Waals surface area contributed by atoms with Crippen LogP contribution in [0, 0.1) is 0 Å². The average molecular weight is 333 g/mol. The summed E-state index contributed by atoms with van der Waals surface area (Å²) in [6.45, 7) is 2.67. The number of aromatic nitrogens is 4. The first-order chi connectivity index (χ1) is 12.2. The Balaban J connectivity index is 1.62. The minimum atomic E-state index is -0.140. The van der Waals surface area contributed by atoms with Gasteiger partial charge in [0.2, 0.25) is 5.95 Å². The van der Waals surface area contributed by atoms with Crippen molar-refractivity contribution in [1.82, 2.24) is 19.6 Å². The lowest BCUT2D eigenvalue weighted by Gasteiger charge is -2.07. The number of nitrogens with one attached hydrogen (secondary N) is 2. The maximum absolute atomic E-state index is 12.2. The van der Waals surface area contributed by atoms with Crippen LogP contribution in [0.1, 0.15) is 24.6 Å². The van der Waals surface area contributed by atoms with E-state index in [1.807, 2.05) is 18.2 Å². The summed E-state index contributed by atoms with van der Waals surface area (Å²) in [6.07, 6.45) is 1.72. The van der Waals surface area contributed by atoms with Crippen molar-refractivity contribution < 1.29 is 0 Å². The molecule has 0 amide bonds. The van der Waals surface area contributed by atoms with Crippen LogP contribution in [0.25, 0.3) is 16.6 Å². The number of benzene rings is 2. The molecule has 25 heavy (non-hydrogen) atoms. The number of hydrogen-bond acceptors (Lipinski definition) is 4. The highest BCUT2D eigenvalue weighted by atomic mass is 16.1. The molecule has 2 aromatic carbocycles. The van der Waals surface area contributed by atoms with E-state index in [-0.39, 0.29) is 5.56 Å². The molecule has 126 valence electrons. The minimum absolute atomic E-state index is 0.140. The zero-order chi connectivity index (χ0) is 17.2. The zero-order valence-corrected chi connectivity index (χ0v) is 14.0. The second-order valence-electron chi connectivity index (χ2n) is 6.04. The second-order valence-corrected chi connectivity index (χ2v) is 6.04. The van der Waals surface area contributed by atoms with Gasteiger partial charge in [-0.05, 0) is 22.8 Å². The Bertz CT molecular complexity index is 1090. The van der Waals surface area contributed by atoms with Gasteiger partial charge in [-0.2, -0.15) is 9.50 Å². The molecule has 0 radical (unpaired) electrons. The monoisotopic (exact) mass is 333 g/mol. The summed E-state index contributed by atoms with van der Waals surface area (Å²) in [6, 6.07) is 16.0. The van der Waals surface area contributed by atoms with Crippen molar-refractivity contribution in [1.29, 1.82) is 0 Å². The maximum atomic E-state index is 12.2. The maximum Gasteiger partial charge on any atom is 0.274 e. The third-order valence-corrected chi connectivity index (χ3v) is 4.22. The second kappa shape index (κ2) is 6.39. The number of hydrogen-bond donors (Lipinski definition) is 2. The Kier molecular flexibility index (Phi) is 3.93. The third-order valence-electron chi connectivity index (χ3n) is 4.22. The Hall–Kier alpha value is -3.15. The van der Waals surface area contributed by atoms with E-state index in [0.29, 0.717) is 18.3 Å². The van der Waals surface area contributed by atoms with Crippen molar-refractivity contribution in [2.75, 3.05) is 5.32 Å². The fourth-order valence-electron chi connectivity index (χ4n) is 3.02. The van der Waals surface area contributed by atoms with E-state index in [1.54, 1.807) is 6.07 Å². The normalized spacial score (nSPS) is 11.2. The molecular formula is C19H19N5O. The Morgan fingerprint density at radius 1 is 1.12 bits per heavy atom. The van der Waals surface area contributed by atoms with E-state index in [2.05, 4.69) is 51.6 Å². The summed E-state index contributed by atoms with van der Waals surface area (Å²) < 4.78 is 1.37. The fraction of sp³-hybridized carbons (Fsp3) is 0.211. The number of fused-ring (bicyclic) bond motifs is 2. The van der Waals surface area contributed by atoms with E-state index in [0.717, 1.165) is 18.5 Å². The molecule has 0 saturated carbocycles. The summed E-state index contributed by atoms with van der Waals surface area (Å²) in [7, 11) is 0. The van der Waals surface area contributed by atoms with Crippen molar-refractivity contribution in [3.05, 3.63) is 70.1 Å². The van der Waals surface area contributed by atoms with E-state index < -0.39 is 0 Å². The van der Waals surface area contributed by atoms with Crippen LogP contribution >= 0.6 is 0 Å². The third kappa shape index (κ3) is 2.98. The standard InChI is InChI=1S/C19H19N5O/c1-2-6-15-11-17(25)24-19(21-15)22-18(23-24)20-12-14-9-5-8-13-7-3-4-10-16(13)14/h3-5,7-11H,2,6,12H2,1H3,(H2,20,21,22,23). The summed E-state index contributed by atoms with van der Waals surface area (Å²) in [5.41, 5.74) is 1.81. The molecule has 6 nitrogen and oxygen atoms in total. The Labute approximate surface area is 144 Å². The average Bonchev–Trinajstić information content (AvgIpc) is 3.04. The van der Waals surface area contributed by atoms with Crippen LogP contribution in [0.15, 0.2) is 53.3 Å². The van der Waals surface area contributed by atoms with Crippen LogP contribution in [-0.4, -0.2) is 19.6 Å². The molecule has 0 unspecified atom stereocenters. The molecule has 2 aromatic heterocycles. The quantitative estimate of drug-likeness (QED) is 0.588. The van der Waals surface area contributed by atoms with Gasteiger partial charge in [-0.25, -0.2) is 4.98 Å². The van der Waals surface area contributed by atoms with Crippen molar-refractivity contribution >= 4 is 22.5 Å². The molecule has 2 heterocycles. The van der Waals surface area contributed by atoms with Crippen LogP contribution in [0.2, 0.25) is 0 Å². The topological polar surface area (TPSA) is 75.1 Å². The first kappa shape index (κ1) is 15.4. The molecule has 4 rings (SSSR count). The molecule has 0 saturated heterocycles. The molecule has 0 spiro atoms. The van der Waals surface area contributed by atoms with Gasteiger partial charge >= 0.3 is 0 Å². The van der Waals surface area contributed by atoms with Crippen molar-refractivity contribution in [3.8, 4) is 0 Å². The Morgan fingerprint density at radius 3 is 2.84 bits per heavy atom. The lowest BCUT2D eigenvalue weighted by atomic mass is 10.0. The van der Waals surface area contributed by atoms with Gasteiger partial charge in [-0.3, -0.25) is 9.89 Å². The first-order valence-electron chi connectivity index (χ1n) is 8.44. The predicted octanol–water partition coefficient (Wildman–Crippen LogP) is 3.14. The molecule has 0 bridgehead atoms. The van der Waals surface area contributed by atoms with Gasteiger partial charge in [0, 0.05) is 12.6 Å². The Morgan fingerprint density at radius 2 is 1.96 bits per heavy atom. The number of H-pyrrole nitrogens is 1. The summed E-state index contributed by atoms with van der Waals surface area (Å²) in [5, 5.41) is 8.63. The SMILES string of the molecule is CCCc1cc(=O)n2[nH]c(NCc3cccc4ccccc34)nc2n1. The molecule has 0 aliphatic rings. The predicted molar refractivity (Wildman–Crippen MR) is 98.9 cm³/mol. The molecule has 0 aliphatic carbocycles. The highest BCUT2D eigenvalue weighted by Crippen LogP contribution is 2.19. The highest BCUT2D eigenvalue weighted by Gasteiger charge is 2.08. The molecule has 2 N–H and O–H groups in total. The molecule has 0 fully saturated rings. The molecular weight excluding hydrogens is 314 g/mol. The number of aryl methyl sites for hydroxylation is 1. The minimum Gasteiger partial charge on any atom is -0.350 e. The molecule has 6 heteroatoms. The van der Waals surface area contributed by atoms with Crippen molar-refractivity contribution in [2.24, 2.45) is 0 Å². The number of anilines is 1. The van der Waals surface area contributed by atoms with E-state index in [1.165, 1.54) is 20.9 Å². The van der Waals surface area contributed by atoms with E-state index >= 15 is 0 Å². The fourth-order valence-corrected chi connectivity index (χ4v) is 3.02. The summed E-state index contributed by atoms with van der Waals surface area (Å²) >= 11 is 0. The lowest BCUT2D eigenvalue weighted by molar-refractivity contribution is 0.837. The van der Waals surface area contributed by atoms with Gasteiger partial charge in [0.25, 0.3) is 11.3 Å². The van der Waals surface area contributed by atoms with Crippen LogP contribution in [0.5, 0.6) is 0 Å². The van der Waals surface area contributed by atoms with Gasteiger partial charge in [-0.1, -0.05) is 55.8 Å². The van der Waals surface area contributed by atoms with Crippen molar-refractivity contribution in [2.45, 2.75) is 26.3 Å². The molecule has 0 atom stereocenters. The number of rotatable bonds is 5. The molecule has 4 aromatic rings. The smallest absolute Gasteiger partial charge is 0.274 e. The summed E-state index contributed by atoms with van der Waals surface area (Å²) in [5.74, 6) is 0.933.